The van der Waals surface area contributed by atoms with Crippen molar-refractivity contribution in [2.45, 2.75) is 56.3 Å². The van der Waals surface area contributed by atoms with Crippen LogP contribution in [0.5, 0.6) is 5.75 Å². The van der Waals surface area contributed by atoms with Crippen LogP contribution in [0.25, 0.3) is 6.08 Å². The summed E-state index contributed by atoms with van der Waals surface area (Å²) in [7, 11) is 3.35. The second-order valence-corrected chi connectivity index (χ2v) is 8.18. The maximum Gasteiger partial charge on any atom is 0.331 e. The molecule has 156 valence electrons. The van der Waals surface area contributed by atoms with Gasteiger partial charge in [0.25, 0.3) is 0 Å². The fraction of sp³-hybridized carbons (Fsp3) is 0.542. The van der Waals surface area contributed by atoms with Gasteiger partial charge in [-0.1, -0.05) is 23.8 Å². The maximum absolute atomic E-state index is 12.5. The number of hydrogen-bond donors (Lipinski definition) is 0. The van der Waals surface area contributed by atoms with Crippen molar-refractivity contribution in [1.29, 1.82) is 0 Å². The van der Waals surface area contributed by atoms with Crippen molar-refractivity contribution in [2.24, 2.45) is 5.92 Å². The van der Waals surface area contributed by atoms with Crippen LogP contribution >= 0.6 is 0 Å². The Kier molecular flexibility index (Phi) is 6.07. The molecule has 1 saturated heterocycles. The van der Waals surface area contributed by atoms with E-state index in [0.717, 1.165) is 43.6 Å². The maximum atomic E-state index is 12.5. The lowest BCUT2D eigenvalue weighted by molar-refractivity contribution is -0.160. The van der Waals surface area contributed by atoms with Gasteiger partial charge >= 0.3 is 5.97 Å². The van der Waals surface area contributed by atoms with E-state index in [1.165, 1.54) is 24.5 Å². The molecule has 4 rings (SSSR count). The van der Waals surface area contributed by atoms with Gasteiger partial charge in [-0.2, -0.15) is 0 Å². The van der Waals surface area contributed by atoms with E-state index in [2.05, 4.69) is 6.08 Å². The summed E-state index contributed by atoms with van der Waals surface area (Å²) in [6.07, 6.45) is 11.5. The fourth-order valence-corrected chi connectivity index (χ4v) is 4.81. The minimum absolute atomic E-state index is 0.105. The quantitative estimate of drug-likeness (QED) is 0.309. The minimum Gasteiger partial charge on any atom is -0.497 e. The monoisotopic (exact) mass is 398 g/mol. The van der Waals surface area contributed by atoms with Crippen LogP contribution in [0.1, 0.15) is 44.1 Å². The van der Waals surface area contributed by atoms with E-state index < -0.39 is 0 Å². The fourth-order valence-electron chi connectivity index (χ4n) is 4.81. The Morgan fingerprint density at radius 1 is 1.21 bits per heavy atom. The first-order chi connectivity index (χ1) is 14.1. The first-order valence-corrected chi connectivity index (χ1v) is 10.5. The molecule has 1 spiro atoms. The predicted octanol–water partition coefficient (Wildman–Crippen LogP) is 4.31. The SMILES string of the molecule is COc1ccc(C=CC(=O)O[C@@H]2CC[C@]3(CO3)[C@@H](C3=CCCCC3)[C@@H]2OC)cc1. The number of carbonyl (C=O) groups is 1. The lowest BCUT2D eigenvalue weighted by Crippen LogP contribution is -2.50. The number of benzene rings is 1. The highest BCUT2D eigenvalue weighted by molar-refractivity contribution is 5.87. The summed E-state index contributed by atoms with van der Waals surface area (Å²) in [4.78, 5) is 12.5. The van der Waals surface area contributed by atoms with Gasteiger partial charge < -0.3 is 18.9 Å². The van der Waals surface area contributed by atoms with Gasteiger partial charge in [-0.25, -0.2) is 4.79 Å². The summed E-state index contributed by atoms with van der Waals surface area (Å²) in [6, 6.07) is 7.54. The van der Waals surface area contributed by atoms with Gasteiger partial charge in [-0.3, -0.25) is 0 Å². The van der Waals surface area contributed by atoms with Crippen molar-refractivity contribution in [3.8, 4) is 5.75 Å². The lowest BCUT2D eigenvalue weighted by Gasteiger charge is -2.42. The van der Waals surface area contributed by atoms with Crippen molar-refractivity contribution in [3.63, 3.8) is 0 Å². The van der Waals surface area contributed by atoms with Gasteiger partial charge in [0.15, 0.2) is 0 Å². The van der Waals surface area contributed by atoms with Gasteiger partial charge in [0.2, 0.25) is 0 Å². The van der Waals surface area contributed by atoms with E-state index in [1.54, 1.807) is 20.3 Å². The van der Waals surface area contributed by atoms with Crippen molar-refractivity contribution in [2.75, 3.05) is 20.8 Å². The average Bonchev–Trinajstić information content (AvgIpc) is 3.54. The summed E-state index contributed by atoms with van der Waals surface area (Å²) in [5.74, 6) is 0.635. The van der Waals surface area contributed by atoms with E-state index in [0.29, 0.717) is 0 Å². The zero-order valence-electron chi connectivity index (χ0n) is 17.3. The molecule has 0 aromatic heterocycles. The first kappa shape index (κ1) is 20.2. The number of esters is 1. The molecule has 4 atom stereocenters. The molecule has 1 saturated carbocycles. The Hall–Kier alpha value is -2.11. The van der Waals surface area contributed by atoms with Crippen LogP contribution in [0, 0.1) is 5.92 Å². The molecule has 0 N–H and O–H groups in total. The normalized spacial score (nSPS) is 31.5. The standard InChI is InChI=1S/C24H30O5/c1-26-19-11-8-17(9-12-19)10-13-21(25)29-20-14-15-24(16-28-24)22(23(20)27-2)18-6-4-3-5-7-18/h6,8-13,20,22-23H,3-5,7,14-16H2,1-2H3/t20-,22+,23-,24+/m1/s1. The smallest absolute Gasteiger partial charge is 0.331 e. The Morgan fingerprint density at radius 3 is 2.62 bits per heavy atom. The molecule has 0 bridgehead atoms. The molecule has 1 aromatic carbocycles. The van der Waals surface area contributed by atoms with E-state index in [-0.39, 0.29) is 29.7 Å². The van der Waals surface area contributed by atoms with Crippen molar-refractivity contribution < 1.29 is 23.7 Å². The van der Waals surface area contributed by atoms with E-state index in [1.807, 2.05) is 24.3 Å². The average molecular weight is 398 g/mol. The topological polar surface area (TPSA) is 57.3 Å². The van der Waals surface area contributed by atoms with Crippen LogP contribution < -0.4 is 4.74 Å². The molecule has 0 unspecified atom stereocenters. The third kappa shape index (κ3) is 4.41. The zero-order valence-corrected chi connectivity index (χ0v) is 17.3. The first-order valence-electron chi connectivity index (χ1n) is 10.5. The largest absolute Gasteiger partial charge is 0.497 e. The third-order valence-corrected chi connectivity index (χ3v) is 6.42. The van der Waals surface area contributed by atoms with Crippen molar-refractivity contribution in [3.05, 3.63) is 47.6 Å². The number of carbonyl (C=O) groups excluding carboxylic acids is 1. The van der Waals surface area contributed by atoms with E-state index in [4.69, 9.17) is 18.9 Å². The highest BCUT2D eigenvalue weighted by Crippen LogP contribution is 2.52. The molecule has 0 amide bonds. The Balaban J connectivity index is 1.43. The number of ether oxygens (including phenoxy) is 4. The molecular weight excluding hydrogens is 368 g/mol. The molecule has 2 aliphatic carbocycles. The molecule has 1 aliphatic heterocycles. The van der Waals surface area contributed by atoms with Crippen LogP contribution in [0.15, 0.2) is 42.0 Å². The Bertz CT molecular complexity index is 775. The third-order valence-electron chi connectivity index (χ3n) is 6.42. The van der Waals surface area contributed by atoms with E-state index >= 15 is 0 Å². The zero-order chi connectivity index (χ0) is 20.3. The number of epoxide rings is 1. The second kappa shape index (κ2) is 8.72. The minimum atomic E-state index is -0.336. The highest BCUT2D eigenvalue weighted by atomic mass is 16.6. The molecule has 1 aromatic rings. The molecule has 29 heavy (non-hydrogen) atoms. The molecule has 5 nitrogen and oxygen atoms in total. The Morgan fingerprint density at radius 2 is 2.00 bits per heavy atom. The van der Waals surface area contributed by atoms with Gasteiger partial charge in [-0.15, -0.1) is 0 Å². The Labute approximate surface area is 172 Å². The van der Waals surface area contributed by atoms with Crippen LogP contribution in [-0.2, 0) is 19.0 Å². The van der Waals surface area contributed by atoms with Crippen molar-refractivity contribution >= 4 is 12.0 Å². The molecule has 3 aliphatic rings. The van der Waals surface area contributed by atoms with Crippen LogP contribution in [0.2, 0.25) is 0 Å². The lowest BCUT2D eigenvalue weighted by atomic mass is 9.69. The molecular formula is C24H30O5. The number of allylic oxidation sites excluding steroid dienone is 1. The second-order valence-electron chi connectivity index (χ2n) is 8.18. The van der Waals surface area contributed by atoms with Gasteiger partial charge in [0, 0.05) is 19.1 Å². The summed E-state index contributed by atoms with van der Waals surface area (Å²) in [5, 5.41) is 0. The summed E-state index contributed by atoms with van der Waals surface area (Å²) >= 11 is 0. The van der Waals surface area contributed by atoms with Crippen LogP contribution in [0.3, 0.4) is 0 Å². The van der Waals surface area contributed by atoms with Gasteiger partial charge in [0.1, 0.15) is 23.6 Å². The number of hydrogen-bond acceptors (Lipinski definition) is 5. The summed E-state index contributed by atoms with van der Waals surface area (Å²) in [6.45, 7) is 0.785. The van der Waals surface area contributed by atoms with Crippen LogP contribution in [0.4, 0.5) is 0 Å². The highest BCUT2D eigenvalue weighted by Gasteiger charge is 2.60. The number of rotatable bonds is 6. The van der Waals surface area contributed by atoms with Crippen LogP contribution in [-0.4, -0.2) is 44.6 Å². The van der Waals surface area contributed by atoms with Crippen molar-refractivity contribution in [1.82, 2.24) is 0 Å². The molecule has 0 radical (unpaired) electrons. The summed E-state index contributed by atoms with van der Waals surface area (Å²) in [5.41, 5.74) is 2.24. The summed E-state index contributed by atoms with van der Waals surface area (Å²) < 4.78 is 22.8. The van der Waals surface area contributed by atoms with E-state index in [9.17, 15) is 4.79 Å². The van der Waals surface area contributed by atoms with Gasteiger partial charge in [-0.05, 0) is 62.3 Å². The molecule has 2 fully saturated rings. The predicted molar refractivity (Wildman–Crippen MR) is 111 cm³/mol. The van der Waals surface area contributed by atoms with Gasteiger partial charge in [0.05, 0.1) is 13.7 Å². The molecule has 5 heteroatoms. The number of methoxy groups -OCH3 is 2. The molecule has 1 heterocycles.